The van der Waals surface area contributed by atoms with Crippen molar-refractivity contribution in [3.05, 3.63) is 27.8 Å². The summed E-state index contributed by atoms with van der Waals surface area (Å²) in [6, 6.07) is 3.36. The summed E-state index contributed by atoms with van der Waals surface area (Å²) in [6.07, 6.45) is 0.101. The van der Waals surface area contributed by atoms with E-state index in [1.54, 1.807) is 12.1 Å². The van der Waals surface area contributed by atoms with Gasteiger partial charge in [-0.3, -0.25) is 10.1 Å². The predicted octanol–water partition coefficient (Wildman–Crippen LogP) is 1.81. The number of Topliss-reactive ketones (excluding diaryl/α,β-unsaturated/α-hetero) is 1. The topological polar surface area (TPSA) is 87.9 Å². The van der Waals surface area contributed by atoms with E-state index in [0.717, 1.165) is 0 Å². The van der Waals surface area contributed by atoms with E-state index in [9.17, 15) is 14.9 Å². The van der Waals surface area contributed by atoms with Crippen LogP contribution in [0.1, 0.15) is 24.8 Å². The van der Waals surface area contributed by atoms with Gasteiger partial charge in [0, 0.05) is 11.3 Å². The fraction of sp³-hybridized carbons (Fsp3) is 0.500. The molecule has 1 aliphatic rings. The summed E-state index contributed by atoms with van der Waals surface area (Å²) in [6.45, 7) is 1.94. The van der Waals surface area contributed by atoms with Crippen LogP contribution in [0.25, 0.3) is 0 Å². The largest absolute Gasteiger partial charge is 0.493 e. The molecule has 1 atom stereocenters. The van der Waals surface area contributed by atoms with Crippen LogP contribution in [0, 0.1) is 10.1 Å². The summed E-state index contributed by atoms with van der Waals surface area (Å²) in [4.78, 5) is 21.7. The lowest BCUT2D eigenvalue weighted by Crippen LogP contribution is -2.18. The van der Waals surface area contributed by atoms with Crippen LogP contribution >= 0.6 is 0 Å². The molecule has 0 bridgehead atoms. The van der Waals surface area contributed by atoms with Gasteiger partial charge in [-0.15, -0.1) is 0 Å². The smallest absolute Gasteiger partial charge is 0.211 e. The molecule has 1 aromatic carbocycles. The zero-order valence-corrected chi connectivity index (χ0v) is 12.0. The average Bonchev–Trinajstić information content (AvgIpc) is 2.44. The van der Waals surface area contributed by atoms with Crippen molar-refractivity contribution in [1.29, 1.82) is 0 Å². The van der Waals surface area contributed by atoms with Crippen molar-refractivity contribution in [3.63, 3.8) is 0 Å². The second kappa shape index (κ2) is 6.43. The van der Waals surface area contributed by atoms with Gasteiger partial charge in [-0.1, -0.05) is 0 Å². The minimum Gasteiger partial charge on any atom is -0.493 e. The summed E-state index contributed by atoms with van der Waals surface area (Å²) in [5.74, 6) is 0.833. The summed E-state index contributed by atoms with van der Waals surface area (Å²) >= 11 is 0. The van der Waals surface area contributed by atoms with Crippen LogP contribution < -0.4 is 14.2 Å². The van der Waals surface area contributed by atoms with E-state index < -0.39 is 10.8 Å². The highest BCUT2D eigenvalue weighted by Gasteiger charge is 2.25. The highest BCUT2D eigenvalue weighted by atomic mass is 16.6. The van der Waals surface area contributed by atoms with Crippen molar-refractivity contribution in [2.24, 2.45) is 0 Å². The Bertz CT molecular complexity index is 523. The number of fused-ring (bicyclic) bond motifs is 1. The Morgan fingerprint density at radius 1 is 1.43 bits per heavy atom. The lowest BCUT2D eigenvalue weighted by atomic mass is 9.93. The molecule has 0 saturated carbocycles. The molecule has 114 valence electrons. The number of rotatable bonds is 6. The Kier molecular flexibility index (Phi) is 4.62. The first-order valence-electron chi connectivity index (χ1n) is 6.60. The zero-order valence-electron chi connectivity index (χ0n) is 12.0. The molecule has 0 aromatic heterocycles. The van der Waals surface area contributed by atoms with Gasteiger partial charge >= 0.3 is 0 Å². The first-order valence-corrected chi connectivity index (χ1v) is 6.60. The zero-order chi connectivity index (χ0) is 15.4. The van der Waals surface area contributed by atoms with Crippen molar-refractivity contribution in [3.8, 4) is 17.2 Å². The number of carbonyl (C=O) groups excluding carboxylic acids is 1. The standard InChI is InChI=1S/C14H17NO6/c1-9(16)5-11(8-15(17)18)10-6-12(19-2)14-13(7-10)20-3-4-21-14/h6-7,11H,3-5,8H2,1-2H3. The first kappa shape index (κ1) is 15.1. The Morgan fingerprint density at radius 2 is 2.14 bits per heavy atom. The fourth-order valence-electron chi connectivity index (χ4n) is 2.34. The number of carbonyl (C=O) groups is 1. The van der Waals surface area contributed by atoms with Gasteiger partial charge in [0.25, 0.3) is 0 Å². The van der Waals surface area contributed by atoms with Crippen molar-refractivity contribution in [2.75, 3.05) is 26.9 Å². The van der Waals surface area contributed by atoms with Crippen LogP contribution in [-0.2, 0) is 4.79 Å². The number of ether oxygens (including phenoxy) is 3. The summed E-state index contributed by atoms with van der Waals surface area (Å²) in [5, 5.41) is 10.8. The molecule has 0 radical (unpaired) electrons. The quantitative estimate of drug-likeness (QED) is 0.587. The fourth-order valence-corrected chi connectivity index (χ4v) is 2.34. The van der Waals surface area contributed by atoms with E-state index in [2.05, 4.69) is 0 Å². The lowest BCUT2D eigenvalue weighted by molar-refractivity contribution is -0.483. The number of hydrogen-bond donors (Lipinski definition) is 0. The number of nitrogens with zero attached hydrogens (tertiary/aromatic N) is 1. The molecule has 21 heavy (non-hydrogen) atoms. The maximum atomic E-state index is 11.3. The minimum atomic E-state index is -0.512. The van der Waals surface area contributed by atoms with Crippen molar-refractivity contribution in [1.82, 2.24) is 0 Å². The number of benzene rings is 1. The van der Waals surface area contributed by atoms with Gasteiger partial charge in [0.15, 0.2) is 11.5 Å². The van der Waals surface area contributed by atoms with E-state index in [4.69, 9.17) is 14.2 Å². The monoisotopic (exact) mass is 295 g/mol. The average molecular weight is 295 g/mol. The molecule has 1 heterocycles. The Hall–Kier alpha value is -2.31. The Morgan fingerprint density at radius 3 is 2.76 bits per heavy atom. The van der Waals surface area contributed by atoms with Gasteiger partial charge in [-0.25, -0.2) is 0 Å². The minimum absolute atomic E-state index is 0.101. The molecule has 0 spiro atoms. The Labute approximate surface area is 122 Å². The lowest BCUT2D eigenvalue weighted by Gasteiger charge is -2.23. The number of methoxy groups -OCH3 is 1. The van der Waals surface area contributed by atoms with Gasteiger partial charge in [0.05, 0.1) is 13.0 Å². The molecular weight excluding hydrogens is 278 g/mol. The first-order chi connectivity index (χ1) is 10.0. The summed E-state index contributed by atoms with van der Waals surface area (Å²) < 4.78 is 16.3. The second-order valence-electron chi connectivity index (χ2n) is 4.87. The van der Waals surface area contributed by atoms with E-state index in [1.165, 1.54) is 14.0 Å². The maximum Gasteiger partial charge on any atom is 0.211 e. The van der Waals surface area contributed by atoms with Gasteiger partial charge in [0.1, 0.15) is 19.0 Å². The molecule has 0 saturated heterocycles. The second-order valence-corrected chi connectivity index (χ2v) is 4.87. The molecule has 1 aliphatic heterocycles. The third-order valence-corrected chi connectivity index (χ3v) is 3.23. The van der Waals surface area contributed by atoms with Crippen LogP contribution in [0.15, 0.2) is 12.1 Å². The van der Waals surface area contributed by atoms with Crippen LogP contribution in [0.2, 0.25) is 0 Å². The molecule has 2 rings (SSSR count). The summed E-state index contributed by atoms with van der Waals surface area (Å²) in [5.41, 5.74) is 0.642. The molecular formula is C14H17NO6. The molecule has 0 fully saturated rings. The van der Waals surface area contributed by atoms with Gasteiger partial charge in [-0.05, 0) is 24.6 Å². The van der Waals surface area contributed by atoms with E-state index in [0.29, 0.717) is 36.0 Å². The highest BCUT2D eigenvalue weighted by molar-refractivity contribution is 5.76. The van der Waals surface area contributed by atoms with Crippen LogP contribution in [-0.4, -0.2) is 37.6 Å². The van der Waals surface area contributed by atoms with E-state index in [-0.39, 0.29) is 18.7 Å². The van der Waals surface area contributed by atoms with E-state index in [1.807, 2.05) is 0 Å². The molecule has 0 amide bonds. The predicted molar refractivity (Wildman–Crippen MR) is 73.9 cm³/mol. The van der Waals surface area contributed by atoms with Crippen LogP contribution in [0.5, 0.6) is 17.2 Å². The van der Waals surface area contributed by atoms with Crippen molar-refractivity contribution in [2.45, 2.75) is 19.3 Å². The molecule has 7 nitrogen and oxygen atoms in total. The third kappa shape index (κ3) is 3.62. The normalized spacial score (nSPS) is 14.4. The maximum absolute atomic E-state index is 11.3. The molecule has 0 N–H and O–H groups in total. The van der Waals surface area contributed by atoms with Crippen molar-refractivity contribution >= 4 is 5.78 Å². The number of ketones is 1. The number of nitro groups is 1. The van der Waals surface area contributed by atoms with Crippen LogP contribution in [0.3, 0.4) is 0 Å². The highest BCUT2D eigenvalue weighted by Crippen LogP contribution is 2.42. The molecule has 1 aromatic rings. The molecule has 1 unspecified atom stereocenters. The molecule has 0 aliphatic carbocycles. The summed E-state index contributed by atoms with van der Waals surface area (Å²) in [7, 11) is 1.49. The van der Waals surface area contributed by atoms with E-state index >= 15 is 0 Å². The van der Waals surface area contributed by atoms with Crippen LogP contribution in [0.4, 0.5) is 0 Å². The van der Waals surface area contributed by atoms with Gasteiger partial charge < -0.3 is 19.0 Å². The molecule has 7 heteroatoms. The Balaban J connectivity index is 2.39. The van der Waals surface area contributed by atoms with Crippen molar-refractivity contribution < 1.29 is 23.9 Å². The van der Waals surface area contributed by atoms with Gasteiger partial charge in [0.2, 0.25) is 12.3 Å². The number of hydrogen-bond acceptors (Lipinski definition) is 6. The SMILES string of the molecule is COc1cc(C(CC(C)=O)C[N+](=O)[O-])cc2c1OCCO2. The third-order valence-electron chi connectivity index (χ3n) is 3.23. The van der Waals surface area contributed by atoms with Gasteiger partial charge in [-0.2, -0.15) is 0 Å².